The number of hydrogen-bond acceptors (Lipinski definition) is 8. The number of rotatable bonds is 10. The van der Waals surface area contributed by atoms with Gasteiger partial charge in [0.05, 0.1) is 50.8 Å². The second-order valence-electron chi connectivity index (χ2n) is 6.24. The molecule has 0 aromatic heterocycles. The summed E-state index contributed by atoms with van der Waals surface area (Å²) in [7, 11) is 1.31. The predicted molar refractivity (Wildman–Crippen MR) is 128 cm³/mol. The van der Waals surface area contributed by atoms with E-state index in [9.17, 15) is 29.7 Å². The Balaban J connectivity index is 3.59. The summed E-state index contributed by atoms with van der Waals surface area (Å²) in [6.07, 6.45) is -2.42. The van der Waals surface area contributed by atoms with Gasteiger partial charge in [-0.15, -0.1) is 0 Å². The van der Waals surface area contributed by atoms with E-state index in [1.54, 1.807) is 45.2 Å². The lowest BCUT2D eigenvalue weighted by molar-refractivity contribution is -0.120. The van der Waals surface area contributed by atoms with Crippen LogP contribution in [0.4, 0.5) is 5.69 Å². The van der Waals surface area contributed by atoms with E-state index in [1.165, 1.54) is 7.05 Å². The van der Waals surface area contributed by atoms with Crippen LogP contribution in [-0.2, 0) is 4.79 Å². The van der Waals surface area contributed by atoms with Crippen molar-refractivity contribution in [3.8, 4) is 0 Å². The minimum atomic E-state index is -1.22. The van der Waals surface area contributed by atoms with Crippen molar-refractivity contribution in [2.24, 2.45) is 0 Å². The number of likely N-dealkylation sites (N-methyl/N-ethyl adjacent to an activating group) is 1. The van der Waals surface area contributed by atoms with Crippen molar-refractivity contribution >= 4 is 80.2 Å². The molecule has 0 saturated heterocycles. The van der Waals surface area contributed by atoms with E-state index >= 15 is 0 Å². The summed E-state index contributed by atoms with van der Waals surface area (Å²) in [5, 5.41) is 50.7. The van der Waals surface area contributed by atoms with Gasteiger partial charge in [-0.25, -0.2) is 0 Å². The number of amides is 3. The molecular weight excluding hydrogens is 663 g/mol. The summed E-state index contributed by atoms with van der Waals surface area (Å²) in [6.45, 7) is -2.57. The number of aliphatic hydroxyl groups is 5. The number of anilines is 1. The second-order valence-corrected chi connectivity index (χ2v) is 8.78. The highest BCUT2D eigenvalue weighted by Crippen LogP contribution is 2.39. The first-order valence-corrected chi connectivity index (χ1v) is 11.3. The van der Waals surface area contributed by atoms with E-state index in [1.807, 2.05) is 0 Å². The van der Waals surface area contributed by atoms with Crippen molar-refractivity contribution in [2.75, 3.05) is 44.9 Å². The zero-order chi connectivity index (χ0) is 23.9. The Labute approximate surface area is 210 Å². The molecule has 0 aliphatic rings. The Kier molecular flexibility index (Phi) is 11.9. The topological polar surface area (TPSA) is 180 Å². The second kappa shape index (κ2) is 13.0. The van der Waals surface area contributed by atoms with Crippen LogP contribution in [-0.4, -0.2) is 95.4 Å². The fraction of sp³-hybridized carbons (Fsp3) is 0.471. The third kappa shape index (κ3) is 7.08. The van der Waals surface area contributed by atoms with Crippen molar-refractivity contribution in [2.45, 2.75) is 12.2 Å². The molecule has 0 saturated carbocycles. The van der Waals surface area contributed by atoms with Gasteiger partial charge in [0.2, 0.25) is 0 Å². The lowest BCUT2D eigenvalue weighted by atomic mass is 10.1. The molecule has 3 amide bonds. The van der Waals surface area contributed by atoms with Crippen LogP contribution in [0.1, 0.15) is 20.7 Å². The lowest BCUT2D eigenvalue weighted by Gasteiger charge is -2.24. The molecule has 31 heavy (non-hydrogen) atoms. The van der Waals surface area contributed by atoms with Gasteiger partial charge in [0.25, 0.3) is 17.7 Å². The van der Waals surface area contributed by atoms with Crippen molar-refractivity contribution in [1.29, 1.82) is 0 Å². The molecule has 1 rings (SSSR count). The Bertz CT molecular complexity index is 789. The largest absolute Gasteiger partial charge is 0.394 e. The van der Waals surface area contributed by atoms with E-state index in [4.69, 9.17) is 21.8 Å². The molecule has 0 bridgehead atoms. The Morgan fingerprint density at radius 3 is 1.81 bits per heavy atom. The molecule has 0 aliphatic carbocycles. The third-order valence-corrected chi connectivity index (χ3v) is 6.51. The average molecular weight is 686 g/mol. The van der Waals surface area contributed by atoms with Crippen molar-refractivity contribution in [1.82, 2.24) is 10.6 Å². The molecule has 1 aromatic carbocycles. The number of aliphatic hydroxyl groups excluding tert-OH is 5. The quantitative estimate of drug-likeness (QED) is 0.148. The standard InChI is InChI=1S/C17H22ClI2N3O8/c1-23(9(29)6-26)15-12(18)10(16(30)21-2-7(27)4-24)13(19)11(14(15)20)17(31)22-3-8(28)5-25/h7-8,24-28H,2-6H2,1H3,(H,21,30)(H,22,31). The molecule has 2 unspecified atom stereocenters. The summed E-state index contributed by atoms with van der Waals surface area (Å²) in [4.78, 5) is 38.6. The highest BCUT2D eigenvalue weighted by atomic mass is 127. The zero-order valence-corrected chi connectivity index (χ0v) is 21.3. The lowest BCUT2D eigenvalue weighted by Crippen LogP contribution is -2.38. The number of halogens is 3. The van der Waals surface area contributed by atoms with E-state index < -0.39 is 49.8 Å². The first-order chi connectivity index (χ1) is 14.5. The van der Waals surface area contributed by atoms with Crippen molar-refractivity contribution in [3.63, 3.8) is 0 Å². The molecule has 0 spiro atoms. The molecule has 0 fully saturated rings. The third-order valence-electron chi connectivity index (χ3n) is 4.01. The smallest absolute Gasteiger partial charge is 0.254 e. The Morgan fingerprint density at radius 1 is 0.935 bits per heavy atom. The van der Waals surface area contributed by atoms with Gasteiger partial charge in [0.15, 0.2) is 0 Å². The molecule has 1 aromatic rings. The fourth-order valence-corrected chi connectivity index (χ4v) is 5.71. The van der Waals surface area contributed by atoms with Crippen molar-refractivity contribution in [3.05, 3.63) is 23.3 Å². The minimum Gasteiger partial charge on any atom is -0.394 e. The highest BCUT2D eigenvalue weighted by molar-refractivity contribution is 14.1. The Morgan fingerprint density at radius 2 is 1.39 bits per heavy atom. The predicted octanol–water partition coefficient (Wildman–Crippen LogP) is -1.33. The number of nitrogens with zero attached hydrogens (tertiary/aromatic N) is 1. The molecule has 0 heterocycles. The van der Waals surface area contributed by atoms with E-state index in [2.05, 4.69) is 10.6 Å². The Hall–Kier alpha value is -0.820. The summed E-state index contributed by atoms with van der Waals surface area (Å²) >= 11 is 9.93. The molecule has 14 heteroatoms. The van der Waals surface area contributed by atoms with Gasteiger partial charge in [-0.05, 0) is 45.2 Å². The zero-order valence-electron chi connectivity index (χ0n) is 16.2. The van der Waals surface area contributed by atoms with Gasteiger partial charge in [-0.1, -0.05) is 11.6 Å². The number of nitrogens with one attached hydrogen (secondary N) is 2. The van der Waals surface area contributed by atoms with Crippen LogP contribution in [0, 0.1) is 7.14 Å². The van der Waals surface area contributed by atoms with Gasteiger partial charge < -0.3 is 41.1 Å². The van der Waals surface area contributed by atoms with Gasteiger partial charge in [0, 0.05) is 23.7 Å². The normalized spacial score (nSPS) is 12.8. The molecule has 0 aliphatic heterocycles. The van der Waals surface area contributed by atoms with E-state index in [0.29, 0.717) is 0 Å². The monoisotopic (exact) mass is 685 g/mol. The number of hydrogen-bond donors (Lipinski definition) is 7. The number of carbonyl (C=O) groups is 3. The van der Waals surface area contributed by atoms with Crippen LogP contribution in [0.5, 0.6) is 0 Å². The van der Waals surface area contributed by atoms with Crippen LogP contribution < -0.4 is 15.5 Å². The van der Waals surface area contributed by atoms with Crippen molar-refractivity contribution < 1.29 is 39.9 Å². The van der Waals surface area contributed by atoms with Gasteiger partial charge in [-0.3, -0.25) is 14.4 Å². The number of carbonyl (C=O) groups excluding carboxylic acids is 3. The summed E-state index contributed by atoms with van der Waals surface area (Å²) in [6, 6.07) is 0. The van der Waals surface area contributed by atoms with Gasteiger partial charge in [0.1, 0.15) is 6.61 Å². The first kappa shape index (κ1) is 28.2. The van der Waals surface area contributed by atoms with Crippen LogP contribution in [0.3, 0.4) is 0 Å². The summed E-state index contributed by atoms with van der Waals surface area (Å²) < 4.78 is 0.340. The fourth-order valence-electron chi connectivity index (χ4n) is 2.30. The SMILES string of the molecule is CN(C(=O)CO)c1c(Cl)c(C(=O)NCC(O)CO)c(I)c(C(=O)NCC(O)CO)c1I. The highest BCUT2D eigenvalue weighted by Gasteiger charge is 2.31. The maximum Gasteiger partial charge on any atom is 0.254 e. The van der Waals surface area contributed by atoms with Crippen LogP contribution in [0.25, 0.3) is 0 Å². The average Bonchev–Trinajstić information content (AvgIpc) is 2.74. The minimum absolute atomic E-state index is 0.00226. The van der Waals surface area contributed by atoms with Crippen LogP contribution in [0.2, 0.25) is 5.02 Å². The van der Waals surface area contributed by atoms with Crippen LogP contribution in [0.15, 0.2) is 0 Å². The molecule has 7 N–H and O–H groups in total. The first-order valence-electron chi connectivity index (χ1n) is 8.73. The van der Waals surface area contributed by atoms with E-state index in [-0.39, 0.29) is 42.1 Å². The molecular formula is C17H22ClI2N3O8. The maximum atomic E-state index is 12.8. The molecule has 11 nitrogen and oxygen atoms in total. The molecule has 0 radical (unpaired) electrons. The van der Waals surface area contributed by atoms with Crippen LogP contribution >= 0.6 is 56.8 Å². The summed E-state index contributed by atoms with van der Waals surface area (Å²) in [5.41, 5.74) is -0.174. The van der Waals surface area contributed by atoms with Gasteiger partial charge in [-0.2, -0.15) is 0 Å². The van der Waals surface area contributed by atoms with Gasteiger partial charge >= 0.3 is 0 Å². The molecule has 174 valence electrons. The maximum absolute atomic E-state index is 12.8. The molecule has 2 atom stereocenters. The van der Waals surface area contributed by atoms with E-state index in [0.717, 1.165) is 4.90 Å². The number of benzene rings is 1. The summed E-state index contributed by atoms with van der Waals surface area (Å²) in [5.74, 6) is -2.22.